The second-order valence-corrected chi connectivity index (χ2v) is 8.58. The summed E-state index contributed by atoms with van der Waals surface area (Å²) in [5.74, 6) is 0. The maximum absolute atomic E-state index is 3.91. The number of hydrogen-bond donors (Lipinski definition) is 0. The van der Waals surface area contributed by atoms with Crippen LogP contribution in [0.25, 0.3) is 10.6 Å². The summed E-state index contributed by atoms with van der Waals surface area (Å²) >= 11 is 0. The van der Waals surface area contributed by atoms with E-state index in [2.05, 4.69) is 36.8 Å². The maximum atomic E-state index is 3.91. The average molecular weight is 223 g/mol. The number of rotatable bonds is 0. The van der Waals surface area contributed by atoms with E-state index in [9.17, 15) is 0 Å². The predicted molar refractivity (Wildman–Crippen MR) is 59.1 cm³/mol. The third-order valence-electron chi connectivity index (χ3n) is 0. The standard InChI is InChI=1S/C4H11Si.2C2H6N.Ti/c1-5(2,3)4;2*1-3-2;/h1H2,2-4H3;2*1-2H3;/q3*-1;+3. The van der Waals surface area contributed by atoms with E-state index in [0.717, 1.165) is 0 Å². The van der Waals surface area contributed by atoms with Crippen molar-refractivity contribution < 1.29 is 21.7 Å². The summed E-state index contributed by atoms with van der Waals surface area (Å²) in [6, 6.07) is 0. The predicted octanol–water partition coefficient (Wildman–Crippen LogP) is 2.93. The molecule has 0 spiro atoms. The van der Waals surface area contributed by atoms with E-state index in [1.807, 2.05) is 0 Å². The van der Waals surface area contributed by atoms with Crippen LogP contribution in [0.5, 0.6) is 0 Å². The molecule has 0 fully saturated rings. The second-order valence-electron chi connectivity index (χ2n) is 3.46. The molecule has 0 amide bonds. The van der Waals surface area contributed by atoms with Crippen molar-refractivity contribution in [1.29, 1.82) is 0 Å². The van der Waals surface area contributed by atoms with Gasteiger partial charge in [0, 0.05) is 0 Å². The van der Waals surface area contributed by atoms with Crippen LogP contribution in [-0.2, 0) is 21.7 Å². The Labute approximate surface area is 94.8 Å². The Kier molecular flexibility index (Phi) is 34.2. The van der Waals surface area contributed by atoms with Crippen LogP contribution in [-0.4, -0.2) is 36.3 Å². The molecule has 2 nitrogen and oxygen atoms in total. The molecule has 0 aromatic carbocycles. The molecule has 12 heavy (non-hydrogen) atoms. The van der Waals surface area contributed by atoms with Crippen molar-refractivity contribution >= 4 is 8.07 Å². The number of nitrogens with zero attached hydrogens (tertiary/aromatic N) is 2. The van der Waals surface area contributed by atoms with Crippen LogP contribution < -0.4 is 0 Å². The van der Waals surface area contributed by atoms with Gasteiger partial charge in [0.2, 0.25) is 0 Å². The fourth-order valence-electron chi connectivity index (χ4n) is 0. The van der Waals surface area contributed by atoms with Crippen LogP contribution in [0.2, 0.25) is 19.6 Å². The zero-order valence-corrected chi connectivity index (χ0v) is 12.2. The second kappa shape index (κ2) is 17.8. The molecule has 0 bridgehead atoms. The van der Waals surface area contributed by atoms with Gasteiger partial charge in [0.25, 0.3) is 0 Å². The van der Waals surface area contributed by atoms with E-state index in [0.29, 0.717) is 0 Å². The first-order chi connectivity index (χ1) is 4.83. The van der Waals surface area contributed by atoms with Crippen molar-refractivity contribution in [2.75, 3.05) is 28.2 Å². The fourth-order valence-corrected chi connectivity index (χ4v) is 0. The van der Waals surface area contributed by atoms with Crippen molar-refractivity contribution in [3.05, 3.63) is 17.2 Å². The molecule has 0 heterocycles. The van der Waals surface area contributed by atoms with Crippen molar-refractivity contribution in [2.24, 2.45) is 0 Å². The molecule has 0 saturated carbocycles. The molecule has 0 rings (SSSR count). The molecule has 0 unspecified atom stereocenters. The summed E-state index contributed by atoms with van der Waals surface area (Å²) in [5.41, 5.74) is 0. The molecule has 0 atom stereocenters. The Morgan fingerprint density at radius 2 is 0.833 bits per heavy atom. The molecule has 0 aliphatic heterocycles. The maximum Gasteiger partial charge on any atom is 3.00 e. The number of hydrogen-bond acceptors (Lipinski definition) is 0. The first-order valence-corrected chi connectivity index (χ1v) is 7.35. The summed E-state index contributed by atoms with van der Waals surface area (Å²) in [4.78, 5) is 0. The summed E-state index contributed by atoms with van der Waals surface area (Å²) in [6.45, 7) is 10.6. The molecule has 0 aromatic heterocycles. The van der Waals surface area contributed by atoms with Gasteiger partial charge in [-0.15, -0.1) is 8.07 Å². The zero-order valence-electron chi connectivity index (χ0n) is 9.60. The van der Waals surface area contributed by atoms with Crippen LogP contribution >= 0.6 is 0 Å². The molecular formula is C8H23N2SiTi. The van der Waals surface area contributed by atoms with Gasteiger partial charge in [0.1, 0.15) is 0 Å². The van der Waals surface area contributed by atoms with Gasteiger partial charge in [0.05, 0.1) is 0 Å². The normalized spacial score (nSPS) is 8.00. The van der Waals surface area contributed by atoms with Gasteiger partial charge in [-0.1, -0.05) is 19.6 Å². The van der Waals surface area contributed by atoms with Crippen molar-refractivity contribution in [1.82, 2.24) is 0 Å². The van der Waals surface area contributed by atoms with Gasteiger partial charge in [-0.25, -0.2) is 0 Å². The van der Waals surface area contributed by atoms with Crippen molar-refractivity contribution in [3.8, 4) is 0 Å². The zero-order chi connectivity index (χ0) is 9.91. The minimum atomic E-state index is -0.861. The SMILES string of the molecule is C[N-]C.C[N-]C.[CH2-][Si](C)(C)C.[Ti+3]. The Bertz CT molecular complexity index is 47.5. The summed E-state index contributed by atoms with van der Waals surface area (Å²) in [6.07, 6.45) is 0. The van der Waals surface area contributed by atoms with Crippen LogP contribution in [0.15, 0.2) is 0 Å². The summed E-state index contributed by atoms with van der Waals surface area (Å²) < 4.78 is 0. The average Bonchev–Trinajstić information content (AvgIpc) is 1.62. The quantitative estimate of drug-likeness (QED) is 0.446. The van der Waals surface area contributed by atoms with E-state index >= 15 is 0 Å². The molecule has 73 valence electrons. The largest absolute Gasteiger partial charge is 3.00 e. The first-order valence-electron chi connectivity index (χ1n) is 3.64. The smallest absolute Gasteiger partial charge is 0.668 e. The monoisotopic (exact) mass is 223 g/mol. The van der Waals surface area contributed by atoms with E-state index in [1.54, 1.807) is 28.2 Å². The topological polar surface area (TPSA) is 28.2 Å². The van der Waals surface area contributed by atoms with E-state index in [-0.39, 0.29) is 21.7 Å². The molecule has 0 N–H and O–H groups in total. The van der Waals surface area contributed by atoms with Crippen molar-refractivity contribution in [3.63, 3.8) is 0 Å². The fraction of sp³-hybridized carbons (Fsp3) is 0.875. The van der Waals surface area contributed by atoms with Gasteiger partial charge in [-0.05, 0) is 0 Å². The molecule has 0 aliphatic carbocycles. The van der Waals surface area contributed by atoms with Crippen LogP contribution in [0.1, 0.15) is 0 Å². The minimum Gasteiger partial charge on any atom is -0.668 e. The van der Waals surface area contributed by atoms with E-state index in [1.165, 1.54) is 0 Å². The molecule has 0 aliphatic rings. The molecule has 0 aromatic rings. The van der Waals surface area contributed by atoms with Crippen molar-refractivity contribution in [2.45, 2.75) is 19.6 Å². The third kappa shape index (κ3) is 1450. The summed E-state index contributed by atoms with van der Waals surface area (Å²) in [7, 11) is 6.14. The van der Waals surface area contributed by atoms with Crippen LogP contribution in [0, 0.1) is 6.55 Å². The van der Waals surface area contributed by atoms with Gasteiger partial charge < -0.3 is 17.2 Å². The van der Waals surface area contributed by atoms with E-state index in [4.69, 9.17) is 0 Å². The third-order valence-corrected chi connectivity index (χ3v) is 0. The molecule has 4 heteroatoms. The van der Waals surface area contributed by atoms with Gasteiger partial charge in [0.15, 0.2) is 0 Å². The van der Waals surface area contributed by atoms with Gasteiger partial charge in [-0.3, -0.25) is 0 Å². The Hall–Kier alpha value is 0.851. The van der Waals surface area contributed by atoms with Crippen LogP contribution in [0.3, 0.4) is 0 Å². The first kappa shape index (κ1) is 23.0. The molecular weight excluding hydrogens is 200 g/mol. The van der Waals surface area contributed by atoms with Crippen LogP contribution in [0.4, 0.5) is 0 Å². The molecule has 1 radical (unpaired) electrons. The molecule has 0 saturated heterocycles. The Morgan fingerprint density at radius 1 is 0.833 bits per heavy atom. The minimum absolute atomic E-state index is 0. The summed E-state index contributed by atoms with van der Waals surface area (Å²) in [5, 5.41) is 7.00. The Balaban J connectivity index is -0.0000000406. The van der Waals surface area contributed by atoms with Gasteiger partial charge in [-0.2, -0.15) is 28.2 Å². The van der Waals surface area contributed by atoms with Gasteiger partial charge >= 0.3 is 21.7 Å². The Morgan fingerprint density at radius 3 is 0.833 bits per heavy atom. The van der Waals surface area contributed by atoms with E-state index < -0.39 is 8.07 Å².